The predicted molar refractivity (Wildman–Crippen MR) is 304 cm³/mol. The van der Waals surface area contributed by atoms with Crippen LogP contribution in [0.2, 0.25) is 0 Å². The number of aliphatic hydroxyl groups is 1. The Kier molecular flexibility index (Phi) is 50.3. The van der Waals surface area contributed by atoms with Gasteiger partial charge < -0.3 is 19.8 Å². The molecule has 0 bridgehead atoms. The summed E-state index contributed by atoms with van der Waals surface area (Å²) in [5, 5.41) is 13.9. The molecule has 0 fully saturated rings. The minimum atomic E-state index is -4.36. The second-order valence-corrected chi connectivity index (χ2v) is 22.4. The Balaban J connectivity index is 4.18. The number of allylic oxidation sites excluding steroid dienone is 11. The van der Waals surface area contributed by atoms with Gasteiger partial charge in [-0.05, 0) is 70.6 Å². The standard InChI is InChI=1S/C61H113N2O6P/c1-6-8-10-12-14-16-18-20-22-24-26-27-28-29-30-31-32-33-34-35-37-39-41-43-45-47-49-51-53-55-61(65)62-59(58-69-70(66,67)68-57-56-63(3,4)5)60(64)54-52-50-48-46-44-42-40-38-36-25-23-21-19-17-15-13-11-9-7-2/h8,10,14,16,20,22,26-27,44,46,52,54,59-60,64H,6-7,9,11-13,15,17-19,21,23-25,28-43,45,47-51,53,55-58H2,1-5H3,(H-,62,65,66,67)/p+1/b10-8-,16-14-,22-20-,27-26-,46-44+,54-52+. The van der Waals surface area contributed by atoms with E-state index in [-0.39, 0.29) is 19.1 Å². The fourth-order valence-corrected chi connectivity index (χ4v) is 9.08. The molecule has 0 rings (SSSR count). The lowest BCUT2D eigenvalue weighted by Crippen LogP contribution is -2.45. The number of quaternary nitrogens is 1. The Morgan fingerprint density at radius 1 is 0.500 bits per heavy atom. The van der Waals surface area contributed by atoms with Gasteiger partial charge in [-0.2, -0.15) is 0 Å². The number of unbranched alkanes of at least 4 members (excludes halogenated alkanes) is 30. The average molecular weight is 1000 g/mol. The lowest BCUT2D eigenvalue weighted by atomic mass is 10.0. The van der Waals surface area contributed by atoms with Crippen LogP contribution in [-0.2, 0) is 18.4 Å². The van der Waals surface area contributed by atoms with Crippen molar-refractivity contribution in [2.24, 2.45) is 0 Å². The van der Waals surface area contributed by atoms with Gasteiger partial charge in [0.2, 0.25) is 5.91 Å². The third-order valence-corrected chi connectivity index (χ3v) is 13.9. The van der Waals surface area contributed by atoms with Crippen LogP contribution in [0, 0.1) is 0 Å². The summed E-state index contributed by atoms with van der Waals surface area (Å²) in [7, 11) is 1.56. The third-order valence-electron chi connectivity index (χ3n) is 12.9. The highest BCUT2D eigenvalue weighted by molar-refractivity contribution is 7.47. The minimum Gasteiger partial charge on any atom is -0.387 e. The monoisotopic (exact) mass is 1000 g/mol. The summed E-state index contributed by atoms with van der Waals surface area (Å²) in [6.07, 6.45) is 71.5. The van der Waals surface area contributed by atoms with Crippen molar-refractivity contribution in [3.8, 4) is 0 Å². The van der Waals surface area contributed by atoms with E-state index in [9.17, 15) is 19.4 Å². The van der Waals surface area contributed by atoms with Crippen LogP contribution in [-0.4, -0.2) is 73.4 Å². The van der Waals surface area contributed by atoms with E-state index < -0.39 is 20.0 Å². The van der Waals surface area contributed by atoms with Crippen molar-refractivity contribution in [2.45, 2.75) is 270 Å². The zero-order valence-electron chi connectivity index (χ0n) is 46.5. The van der Waals surface area contributed by atoms with E-state index in [2.05, 4.69) is 79.9 Å². The maximum Gasteiger partial charge on any atom is 0.472 e. The highest BCUT2D eigenvalue weighted by Crippen LogP contribution is 2.43. The van der Waals surface area contributed by atoms with Crippen molar-refractivity contribution in [2.75, 3.05) is 40.9 Å². The van der Waals surface area contributed by atoms with Gasteiger partial charge in [-0.25, -0.2) is 4.57 Å². The van der Waals surface area contributed by atoms with Gasteiger partial charge in [0.05, 0.1) is 39.9 Å². The molecule has 0 spiro atoms. The summed E-state index contributed by atoms with van der Waals surface area (Å²) in [5.74, 6) is -0.186. The van der Waals surface area contributed by atoms with Gasteiger partial charge in [0.1, 0.15) is 13.2 Å². The van der Waals surface area contributed by atoms with Crippen LogP contribution < -0.4 is 5.32 Å². The Labute approximate surface area is 434 Å². The summed E-state index contributed by atoms with van der Waals surface area (Å²) in [6, 6.07) is -0.866. The molecular formula is C61H114N2O6P+. The predicted octanol–water partition coefficient (Wildman–Crippen LogP) is 17.9. The Hall–Kier alpha value is -2.06. The number of rotatable bonds is 53. The summed E-state index contributed by atoms with van der Waals surface area (Å²) in [6.45, 7) is 4.70. The Bertz CT molecular complexity index is 1370. The summed E-state index contributed by atoms with van der Waals surface area (Å²) in [5.41, 5.74) is 0. The van der Waals surface area contributed by atoms with Crippen LogP contribution in [0.15, 0.2) is 72.9 Å². The number of carbonyl (C=O) groups excluding carboxylic acids is 1. The van der Waals surface area contributed by atoms with Crippen LogP contribution in [0.3, 0.4) is 0 Å². The first kappa shape index (κ1) is 67.9. The summed E-state index contributed by atoms with van der Waals surface area (Å²) in [4.78, 5) is 23.3. The van der Waals surface area contributed by atoms with E-state index in [1.165, 1.54) is 173 Å². The molecule has 0 heterocycles. The van der Waals surface area contributed by atoms with Gasteiger partial charge in [-0.15, -0.1) is 0 Å². The third kappa shape index (κ3) is 53.7. The van der Waals surface area contributed by atoms with Crippen molar-refractivity contribution in [1.29, 1.82) is 0 Å². The number of hydrogen-bond acceptors (Lipinski definition) is 5. The van der Waals surface area contributed by atoms with Gasteiger partial charge in [0, 0.05) is 6.42 Å². The number of carbonyl (C=O) groups is 1. The minimum absolute atomic E-state index is 0.0548. The number of nitrogens with one attached hydrogen (secondary N) is 1. The molecule has 0 aliphatic heterocycles. The fraction of sp³-hybridized carbons (Fsp3) is 0.787. The molecule has 0 aromatic carbocycles. The molecule has 0 saturated heterocycles. The molecule has 70 heavy (non-hydrogen) atoms. The molecule has 408 valence electrons. The van der Waals surface area contributed by atoms with E-state index in [4.69, 9.17) is 9.05 Å². The smallest absolute Gasteiger partial charge is 0.387 e. The fourth-order valence-electron chi connectivity index (χ4n) is 8.34. The Morgan fingerprint density at radius 2 is 0.871 bits per heavy atom. The maximum atomic E-state index is 13.0. The van der Waals surface area contributed by atoms with E-state index in [1.807, 2.05) is 27.2 Å². The van der Waals surface area contributed by atoms with Crippen LogP contribution in [0.5, 0.6) is 0 Å². The zero-order chi connectivity index (χ0) is 51.3. The van der Waals surface area contributed by atoms with Gasteiger partial charge in [0.15, 0.2) is 0 Å². The highest BCUT2D eigenvalue weighted by Gasteiger charge is 2.27. The maximum absolute atomic E-state index is 13.0. The number of nitrogens with zero attached hydrogens (tertiary/aromatic N) is 1. The number of phosphoric acid groups is 1. The van der Waals surface area contributed by atoms with Crippen molar-refractivity contribution in [1.82, 2.24) is 5.32 Å². The van der Waals surface area contributed by atoms with Gasteiger partial charge in [-0.3, -0.25) is 13.8 Å². The molecule has 0 aliphatic rings. The second kappa shape index (κ2) is 51.8. The first-order valence-electron chi connectivity index (χ1n) is 29.3. The molecule has 0 saturated carbocycles. The van der Waals surface area contributed by atoms with Crippen molar-refractivity contribution in [3.63, 3.8) is 0 Å². The van der Waals surface area contributed by atoms with E-state index in [0.717, 1.165) is 64.2 Å². The van der Waals surface area contributed by atoms with Crippen molar-refractivity contribution < 1.29 is 32.9 Å². The summed E-state index contributed by atoms with van der Waals surface area (Å²) < 4.78 is 23.7. The molecule has 8 nitrogen and oxygen atoms in total. The molecule has 0 aliphatic carbocycles. The molecule has 9 heteroatoms. The normalized spacial score (nSPS) is 14.4. The molecule has 0 radical (unpaired) electrons. The molecule has 0 aromatic heterocycles. The van der Waals surface area contributed by atoms with E-state index in [1.54, 1.807) is 6.08 Å². The van der Waals surface area contributed by atoms with Crippen LogP contribution in [0.4, 0.5) is 0 Å². The number of hydrogen-bond donors (Lipinski definition) is 3. The SMILES string of the molecule is CC/C=C\C/C=C\C/C=C\C/C=C\CCCCCCCCCCCCCCCCCCC(=O)NC(COP(=O)(O)OCC[N+](C)(C)C)C(O)/C=C/CC/C=C/CCCCCCCCCCCCCCC. The zero-order valence-corrected chi connectivity index (χ0v) is 47.4. The molecular weight excluding hydrogens is 888 g/mol. The lowest BCUT2D eigenvalue weighted by molar-refractivity contribution is -0.870. The van der Waals surface area contributed by atoms with Crippen molar-refractivity contribution >= 4 is 13.7 Å². The summed E-state index contributed by atoms with van der Waals surface area (Å²) >= 11 is 0. The molecule has 3 unspecified atom stereocenters. The Morgan fingerprint density at radius 3 is 1.31 bits per heavy atom. The molecule has 3 N–H and O–H groups in total. The quantitative estimate of drug-likeness (QED) is 0.0243. The van der Waals surface area contributed by atoms with Gasteiger partial charge in [-0.1, -0.05) is 254 Å². The van der Waals surface area contributed by atoms with Gasteiger partial charge in [0.25, 0.3) is 0 Å². The van der Waals surface area contributed by atoms with E-state index >= 15 is 0 Å². The van der Waals surface area contributed by atoms with Gasteiger partial charge >= 0.3 is 7.82 Å². The first-order valence-corrected chi connectivity index (χ1v) is 30.8. The second-order valence-electron chi connectivity index (χ2n) is 21.0. The number of amides is 1. The van der Waals surface area contributed by atoms with Crippen LogP contribution in [0.25, 0.3) is 0 Å². The van der Waals surface area contributed by atoms with Crippen LogP contribution >= 0.6 is 7.82 Å². The molecule has 3 atom stereocenters. The largest absolute Gasteiger partial charge is 0.472 e. The highest BCUT2D eigenvalue weighted by atomic mass is 31.2. The average Bonchev–Trinajstić information content (AvgIpc) is 3.32. The lowest BCUT2D eigenvalue weighted by Gasteiger charge is -2.25. The van der Waals surface area contributed by atoms with Crippen molar-refractivity contribution in [3.05, 3.63) is 72.9 Å². The first-order chi connectivity index (χ1) is 34.0. The number of phosphoric ester groups is 1. The van der Waals surface area contributed by atoms with E-state index in [0.29, 0.717) is 17.4 Å². The topological polar surface area (TPSA) is 105 Å². The van der Waals surface area contributed by atoms with Crippen LogP contribution in [0.1, 0.15) is 258 Å². The number of aliphatic hydroxyl groups excluding tert-OH is 1. The molecule has 1 amide bonds. The number of likely N-dealkylation sites (N-methyl/N-ethyl adjacent to an activating group) is 1. The molecule has 0 aromatic rings.